The maximum Gasteiger partial charge on any atom is 0.230 e. The van der Waals surface area contributed by atoms with Crippen molar-refractivity contribution in [2.24, 2.45) is 5.92 Å². The van der Waals surface area contributed by atoms with Crippen LogP contribution in [0.2, 0.25) is 0 Å². The van der Waals surface area contributed by atoms with Crippen LogP contribution in [0.3, 0.4) is 0 Å². The lowest BCUT2D eigenvalue weighted by Gasteiger charge is -2.20. The standard InChI is InChI=1S/C18H19NO4/c1-10(20)17-13(11-5-6-11)3-2-4-14(17)15(21)9-12-7-8-16(22)19-18(12)23/h2-4,11-12H,5-9H2,1H3,(H,19,22,23). The smallest absolute Gasteiger partial charge is 0.230 e. The third-order valence-electron chi connectivity index (χ3n) is 4.55. The highest BCUT2D eigenvalue weighted by Gasteiger charge is 2.32. The molecular formula is C18H19NO4. The molecule has 1 aliphatic heterocycles. The largest absolute Gasteiger partial charge is 0.296 e. The van der Waals surface area contributed by atoms with Gasteiger partial charge in [-0.1, -0.05) is 18.2 Å². The summed E-state index contributed by atoms with van der Waals surface area (Å²) in [7, 11) is 0. The average Bonchev–Trinajstić information content (AvgIpc) is 3.33. The van der Waals surface area contributed by atoms with Gasteiger partial charge in [0.1, 0.15) is 0 Å². The van der Waals surface area contributed by atoms with Gasteiger partial charge in [-0.25, -0.2) is 0 Å². The van der Waals surface area contributed by atoms with E-state index in [9.17, 15) is 19.2 Å². The summed E-state index contributed by atoms with van der Waals surface area (Å²) in [6.45, 7) is 1.48. The maximum atomic E-state index is 12.6. The molecule has 2 fully saturated rings. The van der Waals surface area contributed by atoms with Crippen LogP contribution in [0.5, 0.6) is 0 Å². The fourth-order valence-electron chi connectivity index (χ4n) is 3.20. The minimum absolute atomic E-state index is 0.0352. The van der Waals surface area contributed by atoms with Crippen molar-refractivity contribution >= 4 is 23.4 Å². The molecule has 1 N–H and O–H groups in total. The van der Waals surface area contributed by atoms with Gasteiger partial charge in [-0.3, -0.25) is 24.5 Å². The number of carbonyl (C=O) groups is 4. The monoisotopic (exact) mass is 313 g/mol. The normalized spacial score (nSPS) is 21.0. The van der Waals surface area contributed by atoms with Crippen molar-refractivity contribution in [3.63, 3.8) is 0 Å². The molecule has 1 heterocycles. The van der Waals surface area contributed by atoms with E-state index in [4.69, 9.17) is 0 Å². The summed E-state index contributed by atoms with van der Waals surface area (Å²) >= 11 is 0. The first-order valence-electron chi connectivity index (χ1n) is 7.98. The molecule has 0 bridgehead atoms. The van der Waals surface area contributed by atoms with Crippen molar-refractivity contribution in [2.45, 2.75) is 44.9 Å². The molecule has 23 heavy (non-hydrogen) atoms. The van der Waals surface area contributed by atoms with E-state index in [0.717, 1.165) is 18.4 Å². The van der Waals surface area contributed by atoms with Gasteiger partial charge in [-0.2, -0.15) is 0 Å². The van der Waals surface area contributed by atoms with Crippen LogP contribution < -0.4 is 5.32 Å². The summed E-state index contributed by atoms with van der Waals surface area (Å²) in [5.41, 5.74) is 1.87. The number of amides is 2. The second-order valence-corrected chi connectivity index (χ2v) is 6.38. The Morgan fingerprint density at radius 2 is 1.91 bits per heavy atom. The number of rotatable bonds is 5. The predicted molar refractivity (Wildman–Crippen MR) is 83.2 cm³/mol. The summed E-state index contributed by atoms with van der Waals surface area (Å²) in [6, 6.07) is 5.38. The second kappa shape index (κ2) is 6.07. The van der Waals surface area contributed by atoms with Crippen LogP contribution in [0.15, 0.2) is 18.2 Å². The van der Waals surface area contributed by atoms with E-state index < -0.39 is 11.8 Å². The molecular weight excluding hydrogens is 294 g/mol. The zero-order valence-corrected chi connectivity index (χ0v) is 13.1. The highest BCUT2D eigenvalue weighted by atomic mass is 16.2. The van der Waals surface area contributed by atoms with Gasteiger partial charge in [0.05, 0.1) is 0 Å². The van der Waals surface area contributed by atoms with Gasteiger partial charge in [-0.15, -0.1) is 0 Å². The molecule has 1 aromatic rings. The molecule has 0 spiro atoms. The summed E-state index contributed by atoms with van der Waals surface area (Å²) in [5, 5.41) is 2.27. The number of benzene rings is 1. The van der Waals surface area contributed by atoms with Crippen LogP contribution in [0.1, 0.15) is 71.2 Å². The van der Waals surface area contributed by atoms with E-state index in [0.29, 0.717) is 23.5 Å². The van der Waals surface area contributed by atoms with Crippen molar-refractivity contribution in [3.05, 3.63) is 34.9 Å². The van der Waals surface area contributed by atoms with Crippen LogP contribution >= 0.6 is 0 Å². The Morgan fingerprint density at radius 1 is 1.17 bits per heavy atom. The Kier molecular flexibility index (Phi) is 4.11. The van der Waals surface area contributed by atoms with E-state index in [1.165, 1.54) is 6.92 Å². The lowest BCUT2D eigenvalue weighted by molar-refractivity contribution is -0.136. The first-order valence-corrected chi connectivity index (χ1v) is 7.98. The molecule has 1 aromatic carbocycles. The third-order valence-corrected chi connectivity index (χ3v) is 4.55. The SMILES string of the molecule is CC(=O)c1c(C(=O)CC2CCC(=O)NC2=O)cccc1C1CC1. The van der Waals surface area contributed by atoms with Crippen molar-refractivity contribution in [1.82, 2.24) is 5.32 Å². The molecule has 0 radical (unpaired) electrons. The summed E-state index contributed by atoms with van der Waals surface area (Å²) < 4.78 is 0. The minimum Gasteiger partial charge on any atom is -0.296 e. The lowest BCUT2D eigenvalue weighted by atomic mass is 9.87. The van der Waals surface area contributed by atoms with Gasteiger partial charge in [0, 0.05) is 29.9 Å². The van der Waals surface area contributed by atoms with Gasteiger partial charge < -0.3 is 0 Å². The number of hydrogen-bond acceptors (Lipinski definition) is 4. The summed E-state index contributed by atoms with van der Waals surface area (Å²) in [4.78, 5) is 47.7. The molecule has 120 valence electrons. The fraction of sp³-hybridized carbons (Fsp3) is 0.444. The third kappa shape index (κ3) is 3.23. The van der Waals surface area contributed by atoms with Crippen LogP contribution in [0.4, 0.5) is 0 Å². The van der Waals surface area contributed by atoms with Crippen LogP contribution in [0, 0.1) is 5.92 Å². The first kappa shape index (κ1) is 15.6. The predicted octanol–water partition coefficient (Wildman–Crippen LogP) is 2.39. The van der Waals surface area contributed by atoms with Crippen molar-refractivity contribution < 1.29 is 19.2 Å². The Hall–Kier alpha value is -2.30. The summed E-state index contributed by atoms with van der Waals surface area (Å²) in [5.74, 6) is -1.12. The molecule has 2 amide bonds. The number of carbonyl (C=O) groups excluding carboxylic acids is 4. The fourth-order valence-corrected chi connectivity index (χ4v) is 3.20. The van der Waals surface area contributed by atoms with Crippen LogP contribution in [0.25, 0.3) is 0 Å². The average molecular weight is 313 g/mol. The molecule has 1 atom stereocenters. The van der Waals surface area contributed by atoms with E-state index in [1.807, 2.05) is 6.07 Å². The zero-order valence-electron chi connectivity index (χ0n) is 13.1. The number of hydrogen-bond donors (Lipinski definition) is 1. The minimum atomic E-state index is -0.496. The highest BCUT2D eigenvalue weighted by molar-refractivity contribution is 6.10. The molecule has 1 saturated heterocycles. The molecule has 3 rings (SSSR count). The molecule has 5 heteroatoms. The lowest BCUT2D eigenvalue weighted by Crippen LogP contribution is -2.41. The molecule has 1 saturated carbocycles. The number of ketones is 2. The Balaban J connectivity index is 1.85. The van der Waals surface area contributed by atoms with Gasteiger partial charge in [0.15, 0.2) is 11.6 Å². The van der Waals surface area contributed by atoms with Crippen molar-refractivity contribution in [3.8, 4) is 0 Å². The summed E-state index contributed by atoms with van der Waals surface area (Å²) in [6.07, 6.45) is 2.77. The van der Waals surface area contributed by atoms with Crippen LogP contribution in [-0.4, -0.2) is 23.4 Å². The van der Waals surface area contributed by atoms with E-state index in [-0.39, 0.29) is 30.3 Å². The number of Topliss-reactive ketones (excluding diaryl/α,β-unsaturated/α-hetero) is 2. The zero-order chi connectivity index (χ0) is 16.6. The number of piperidine rings is 1. The van der Waals surface area contributed by atoms with Gasteiger partial charge in [0.2, 0.25) is 11.8 Å². The Bertz CT molecular complexity index is 703. The van der Waals surface area contributed by atoms with Gasteiger partial charge in [-0.05, 0) is 37.7 Å². The van der Waals surface area contributed by atoms with Crippen LogP contribution in [-0.2, 0) is 9.59 Å². The molecule has 2 aliphatic rings. The topological polar surface area (TPSA) is 80.3 Å². The molecule has 0 aromatic heterocycles. The Labute approximate surface area is 134 Å². The molecule has 1 aliphatic carbocycles. The number of nitrogens with one attached hydrogen (secondary N) is 1. The van der Waals surface area contributed by atoms with E-state index in [2.05, 4.69) is 5.32 Å². The number of imide groups is 1. The van der Waals surface area contributed by atoms with E-state index in [1.54, 1.807) is 12.1 Å². The quantitative estimate of drug-likeness (QED) is 0.668. The van der Waals surface area contributed by atoms with E-state index >= 15 is 0 Å². The Morgan fingerprint density at radius 3 is 2.52 bits per heavy atom. The van der Waals surface area contributed by atoms with Crippen molar-refractivity contribution in [1.29, 1.82) is 0 Å². The highest BCUT2D eigenvalue weighted by Crippen LogP contribution is 2.42. The second-order valence-electron chi connectivity index (χ2n) is 6.38. The molecule has 5 nitrogen and oxygen atoms in total. The maximum absolute atomic E-state index is 12.6. The first-order chi connectivity index (χ1) is 11.0. The van der Waals surface area contributed by atoms with Gasteiger partial charge >= 0.3 is 0 Å². The van der Waals surface area contributed by atoms with Crippen molar-refractivity contribution in [2.75, 3.05) is 0 Å². The van der Waals surface area contributed by atoms with Gasteiger partial charge in [0.25, 0.3) is 0 Å². The molecule has 1 unspecified atom stereocenters.